The summed E-state index contributed by atoms with van der Waals surface area (Å²) in [6.07, 6.45) is 1.34. The molecule has 0 spiro atoms. The predicted molar refractivity (Wildman–Crippen MR) is 85.0 cm³/mol. The van der Waals surface area contributed by atoms with Crippen LogP contribution >= 0.6 is 0 Å². The van der Waals surface area contributed by atoms with E-state index in [1.807, 2.05) is 6.92 Å². The Bertz CT molecular complexity index is 672. The first-order valence-electron chi connectivity index (χ1n) is 7.89. The van der Waals surface area contributed by atoms with Crippen LogP contribution in [-0.4, -0.2) is 65.1 Å². The number of hydrogen-bond acceptors (Lipinski definition) is 6. The highest BCUT2D eigenvalue weighted by Gasteiger charge is 2.29. The van der Waals surface area contributed by atoms with Crippen molar-refractivity contribution >= 4 is 12.0 Å². The zero-order chi connectivity index (χ0) is 17.7. The van der Waals surface area contributed by atoms with Gasteiger partial charge in [-0.2, -0.15) is 5.10 Å². The molecule has 1 aliphatic heterocycles. The van der Waals surface area contributed by atoms with Gasteiger partial charge in [0.1, 0.15) is 0 Å². The summed E-state index contributed by atoms with van der Waals surface area (Å²) in [5.74, 6) is -0.442. The standard InChI is InChI=1S/C15H22N4O5/c1-4-6-18-7-8-19-12(14(18)21)13(11(20)9-16-19)23-10-24-15(22)17(3)5-2/h9H,4-8,10H2,1-3H3. The van der Waals surface area contributed by atoms with Crippen LogP contribution in [0.5, 0.6) is 5.75 Å². The maximum Gasteiger partial charge on any atom is 0.412 e. The number of carbonyl (C=O) groups excluding carboxylic acids is 2. The molecule has 0 saturated carbocycles. The van der Waals surface area contributed by atoms with Crippen LogP contribution in [0.2, 0.25) is 0 Å². The molecule has 0 fully saturated rings. The molecule has 0 atom stereocenters. The van der Waals surface area contributed by atoms with E-state index in [1.165, 1.54) is 9.58 Å². The summed E-state index contributed by atoms with van der Waals surface area (Å²) in [5.41, 5.74) is -0.421. The molecule has 0 bridgehead atoms. The molecule has 0 saturated heterocycles. The van der Waals surface area contributed by atoms with Crippen LogP contribution in [0.15, 0.2) is 11.0 Å². The highest BCUT2D eigenvalue weighted by molar-refractivity contribution is 5.95. The topological polar surface area (TPSA) is 94.0 Å². The van der Waals surface area contributed by atoms with Gasteiger partial charge >= 0.3 is 6.09 Å². The van der Waals surface area contributed by atoms with E-state index in [2.05, 4.69) is 5.10 Å². The minimum absolute atomic E-state index is 0.0992. The Morgan fingerprint density at radius 3 is 2.75 bits per heavy atom. The van der Waals surface area contributed by atoms with Crippen LogP contribution in [0, 0.1) is 0 Å². The number of ether oxygens (including phenoxy) is 2. The normalized spacial score (nSPS) is 13.5. The first-order valence-corrected chi connectivity index (χ1v) is 7.89. The van der Waals surface area contributed by atoms with Gasteiger partial charge in [0.2, 0.25) is 18.0 Å². The van der Waals surface area contributed by atoms with Gasteiger partial charge in [0.05, 0.1) is 12.7 Å². The third kappa shape index (κ3) is 3.66. The van der Waals surface area contributed by atoms with E-state index in [-0.39, 0.29) is 17.4 Å². The fourth-order valence-electron chi connectivity index (χ4n) is 2.32. The molecule has 9 nitrogen and oxygen atoms in total. The van der Waals surface area contributed by atoms with Gasteiger partial charge in [0, 0.05) is 26.7 Å². The first kappa shape index (κ1) is 17.8. The smallest absolute Gasteiger partial charge is 0.412 e. The second-order valence-electron chi connectivity index (χ2n) is 5.39. The summed E-state index contributed by atoms with van der Waals surface area (Å²) in [5, 5.41) is 3.97. The van der Waals surface area contributed by atoms with E-state index < -0.39 is 18.3 Å². The molecule has 0 N–H and O–H groups in total. The van der Waals surface area contributed by atoms with Crippen LogP contribution in [0.3, 0.4) is 0 Å². The lowest BCUT2D eigenvalue weighted by atomic mass is 10.2. The summed E-state index contributed by atoms with van der Waals surface area (Å²) in [6.45, 7) is 5.42. The Balaban J connectivity index is 2.17. The molecule has 0 aliphatic carbocycles. The van der Waals surface area contributed by atoms with Gasteiger partial charge in [-0.05, 0) is 13.3 Å². The van der Waals surface area contributed by atoms with Crippen LogP contribution in [0.25, 0.3) is 0 Å². The van der Waals surface area contributed by atoms with Gasteiger partial charge in [-0.15, -0.1) is 0 Å². The zero-order valence-corrected chi connectivity index (χ0v) is 14.2. The Hall–Kier alpha value is -2.58. The van der Waals surface area contributed by atoms with Crippen molar-refractivity contribution in [1.29, 1.82) is 0 Å². The lowest BCUT2D eigenvalue weighted by Crippen LogP contribution is -2.43. The van der Waals surface area contributed by atoms with Crippen molar-refractivity contribution in [2.45, 2.75) is 26.8 Å². The molecule has 0 aromatic carbocycles. The van der Waals surface area contributed by atoms with E-state index in [0.29, 0.717) is 26.2 Å². The van der Waals surface area contributed by atoms with Crippen LogP contribution < -0.4 is 10.2 Å². The number of hydrogen-bond donors (Lipinski definition) is 0. The van der Waals surface area contributed by atoms with Gasteiger partial charge in [-0.25, -0.2) is 4.79 Å². The Morgan fingerprint density at radius 2 is 2.08 bits per heavy atom. The van der Waals surface area contributed by atoms with Crippen molar-refractivity contribution in [3.05, 3.63) is 22.1 Å². The summed E-state index contributed by atoms with van der Waals surface area (Å²) in [7, 11) is 1.58. The fourth-order valence-corrected chi connectivity index (χ4v) is 2.32. The molecule has 132 valence electrons. The highest BCUT2D eigenvalue weighted by atomic mass is 16.7. The second kappa shape index (κ2) is 7.80. The monoisotopic (exact) mass is 338 g/mol. The average Bonchev–Trinajstić information content (AvgIpc) is 2.58. The molecular formula is C15H22N4O5. The number of carbonyl (C=O) groups is 2. The lowest BCUT2D eigenvalue weighted by molar-refractivity contribution is 0.0372. The van der Waals surface area contributed by atoms with Gasteiger partial charge in [0.15, 0.2) is 5.69 Å². The number of fused-ring (bicyclic) bond motifs is 1. The van der Waals surface area contributed by atoms with Crippen molar-refractivity contribution < 1.29 is 19.1 Å². The third-order valence-electron chi connectivity index (χ3n) is 3.75. The minimum atomic E-state index is -0.570. The number of aromatic nitrogens is 2. The Morgan fingerprint density at radius 1 is 1.33 bits per heavy atom. The largest absolute Gasteiger partial charge is 0.451 e. The molecule has 2 amide bonds. The van der Waals surface area contributed by atoms with Crippen molar-refractivity contribution in [2.75, 3.05) is 33.5 Å². The first-order chi connectivity index (χ1) is 11.5. The molecule has 9 heteroatoms. The van der Waals surface area contributed by atoms with E-state index in [4.69, 9.17) is 9.47 Å². The Labute approximate surface area is 139 Å². The molecule has 2 rings (SSSR count). The maximum atomic E-state index is 12.6. The van der Waals surface area contributed by atoms with Crippen LogP contribution in [0.4, 0.5) is 4.79 Å². The van der Waals surface area contributed by atoms with E-state index >= 15 is 0 Å². The van der Waals surface area contributed by atoms with E-state index in [9.17, 15) is 14.4 Å². The minimum Gasteiger partial charge on any atom is -0.451 e. The number of nitrogens with zero attached hydrogens (tertiary/aromatic N) is 4. The summed E-state index contributed by atoms with van der Waals surface area (Å²) in [4.78, 5) is 39.2. The molecule has 24 heavy (non-hydrogen) atoms. The van der Waals surface area contributed by atoms with E-state index in [1.54, 1.807) is 18.9 Å². The van der Waals surface area contributed by atoms with Crippen LogP contribution in [0.1, 0.15) is 30.8 Å². The third-order valence-corrected chi connectivity index (χ3v) is 3.75. The lowest BCUT2D eigenvalue weighted by Gasteiger charge is -2.29. The number of rotatable bonds is 6. The summed E-state index contributed by atoms with van der Waals surface area (Å²) in [6, 6.07) is 0. The van der Waals surface area contributed by atoms with Crippen LogP contribution in [-0.2, 0) is 11.3 Å². The summed E-state index contributed by atoms with van der Waals surface area (Å²) < 4.78 is 11.7. The van der Waals surface area contributed by atoms with Gasteiger partial charge in [-0.1, -0.05) is 6.92 Å². The second-order valence-corrected chi connectivity index (χ2v) is 5.39. The molecule has 0 radical (unpaired) electrons. The van der Waals surface area contributed by atoms with Gasteiger partial charge < -0.3 is 19.3 Å². The highest BCUT2D eigenvalue weighted by Crippen LogP contribution is 2.19. The Kier molecular flexibility index (Phi) is 5.78. The molecule has 2 heterocycles. The van der Waals surface area contributed by atoms with E-state index in [0.717, 1.165) is 12.6 Å². The van der Waals surface area contributed by atoms with Crippen molar-refractivity contribution in [3.8, 4) is 5.75 Å². The fraction of sp³-hybridized carbons (Fsp3) is 0.600. The van der Waals surface area contributed by atoms with Crippen molar-refractivity contribution in [1.82, 2.24) is 19.6 Å². The van der Waals surface area contributed by atoms with Gasteiger partial charge in [-0.3, -0.25) is 14.3 Å². The average molecular weight is 338 g/mol. The number of amides is 2. The maximum absolute atomic E-state index is 12.6. The summed E-state index contributed by atoms with van der Waals surface area (Å²) >= 11 is 0. The quantitative estimate of drug-likeness (QED) is 0.703. The van der Waals surface area contributed by atoms with Gasteiger partial charge in [0.25, 0.3) is 5.91 Å². The molecular weight excluding hydrogens is 316 g/mol. The van der Waals surface area contributed by atoms with Crippen molar-refractivity contribution in [2.24, 2.45) is 0 Å². The zero-order valence-electron chi connectivity index (χ0n) is 14.2. The van der Waals surface area contributed by atoms with Crippen molar-refractivity contribution in [3.63, 3.8) is 0 Å². The molecule has 0 unspecified atom stereocenters. The predicted octanol–water partition coefficient (Wildman–Crippen LogP) is 0.534. The molecule has 1 aromatic rings. The molecule has 1 aliphatic rings. The molecule has 1 aromatic heterocycles. The SMILES string of the molecule is CCCN1CCn2ncc(=O)c(OCOC(=O)N(C)CC)c2C1=O.